The first kappa shape index (κ1) is 18.9. The van der Waals surface area contributed by atoms with E-state index >= 15 is 0 Å². The Morgan fingerprint density at radius 2 is 2.07 bits per heavy atom. The van der Waals surface area contributed by atoms with Crippen molar-refractivity contribution in [3.63, 3.8) is 0 Å². The molecular weight excluding hydrogens is 440 g/mol. The number of carbonyl (C=O) groups is 1. The van der Waals surface area contributed by atoms with Gasteiger partial charge >= 0.3 is 5.97 Å². The van der Waals surface area contributed by atoms with Crippen LogP contribution in [0.3, 0.4) is 0 Å². The summed E-state index contributed by atoms with van der Waals surface area (Å²) in [6.45, 7) is 0. The Bertz CT molecular complexity index is 1160. The number of phenolic OH excluding ortho intramolecular Hbond substituents is 1. The second-order valence-corrected chi connectivity index (χ2v) is 6.76. The van der Waals surface area contributed by atoms with Crippen molar-refractivity contribution in [3.8, 4) is 11.5 Å². The number of H-pyrrole nitrogens is 1. The molecule has 0 unspecified atom stereocenters. The zero-order valence-electron chi connectivity index (χ0n) is 13.8. The first-order valence-corrected chi connectivity index (χ1v) is 8.68. The molecule has 0 saturated carbocycles. The fraction of sp³-hybridized carbons (Fsp3) is 0.0556. The third kappa shape index (κ3) is 3.81. The van der Waals surface area contributed by atoms with Gasteiger partial charge in [0.05, 0.1) is 33.1 Å². The van der Waals surface area contributed by atoms with Crippen LogP contribution in [0.5, 0.6) is 11.5 Å². The van der Waals surface area contributed by atoms with Gasteiger partial charge in [0.2, 0.25) is 0 Å². The lowest BCUT2D eigenvalue weighted by Crippen LogP contribution is -2.11. The SMILES string of the molecule is COc1cc(/C=C(/Cl)c2nc3cc(C(=O)O)ccc3c(=O)[nH]2)cc(Br)c1O. The number of aromatic hydroxyl groups is 1. The predicted molar refractivity (Wildman–Crippen MR) is 105 cm³/mol. The number of aromatic nitrogens is 2. The number of methoxy groups -OCH3 is 1. The summed E-state index contributed by atoms with van der Waals surface area (Å²) in [7, 11) is 1.42. The molecule has 0 fully saturated rings. The average Bonchev–Trinajstić information content (AvgIpc) is 2.63. The van der Waals surface area contributed by atoms with Crippen molar-refractivity contribution in [1.82, 2.24) is 9.97 Å². The molecule has 0 aliphatic heterocycles. The Morgan fingerprint density at radius 1 is 1.33 bits per heavy atom. The maximum Gasteiger partial charge on any atom is 0.335 e. The van der Waals surface area contributed by atoms with Crippen molar-refractivity contribution in [3.05, 3.63) is 62.1 Å². The quantitative estimate of drug-likeness (QED) is 0.556. The summed E-state index contributed by atoms with van der Waals surface area (Å²) >= 11 is 9.51. The standard InChI is InChI=1S/C18H12BrClN2O5/c1-27-14-6-8(4-11(19)15(14)23)5-12(20)16-21-13-7-9(18(25)26)2-3-10(13)17(24)22-16/h2-7,23H,1H3,(H,25,26)(H,21,22,24)/b12-5+. The number of nitrogens with zero attached hydrogens (tertiary/aromatic N) is 1. The Hall–Kier alpha value is -2.84. The minimum absolute atomic E-state index is 0.0128. The Labute approximate surface area is 166 Å². The molecule has 3 aromatic rings. The number of aromatic carboxylic acids is 1. The van der Waals surface area contributed by atoms with Gasteiger partial charge in [-0.3, -0.25) is 4.79 Å². The molecule has 0 aliphatic carbocycles. The third-order valence-corrected chi connectivity index (χ3v) is 4.64. The monoisotopic (exact) mass is 450 g/mol. The molecule has 138 valence electrons. The van der Waals surface area contributed by atoms with Crippen molar-refractivity contribution in [1.29, 1.82) is 0 Å². The van der Waals surface area contributed by atoms with Gasteiger partial charge in [0.15, 0.2) is 17.3 Å². The smallest absolute Gasteiger partial charge is 0.335 e. The van der Waals surface area contributed by atoms with Crippen LogP contribution in [0.4, 0.5) is 0 Å². The number of ether oxygens (including phenoxy) is 1. The second-order valence-electron chi connectivity index (χ2n) is 5.50. The predicted octanol–water partition coefficient (Wildman–Crippen LogP) is 3.83. The van der Waals surface area contributed by atoms with Crippen molar-refractivity contribution in [2.24, 2.45) is 0 Å². The lowest BCUT2D eigenvalue weighted by atomic mass is 10.1. The molecule has 0 aliphatic rings. The minimum atomic E-state index is -1.12. The fourth-order valence-electron chi connectivity index (χ4n) is 2.43. The summed E-state index contributed by atoms with van der Waals surface area (Å²) in [4.78, 5) is 30.2. The number of rotatable bonds is 4. The summed E-state index contributed by atoms with van der Waals surface area (Å²) in [5.74, 6) is -0.849. The molecule has 0 amide bonds. The molecule has 3 rings (SSSR count). The summed E-state index contributed by atoms with van der Waals surface area (Å²) in [6, 6.07) is 7.21. The number of benzene rings is 2. The van der Waals surface area contributed by atoms with Gasteiger partial charge in [-0.1, -0.05) is 11.6 Å². The average molecular weight is 452 g/mol. The van der Waals surface area contributed by atoms with Crippen LogP contribution in [0.15, 0.2) is 39.6 Å². The van der Waals surface area contributed by atoms with Crippen LogP contribution in [-0.2, 0) is 0 Å². The molecule has 0 saturated heterocycles. The van der Waals surface area contributed by atoms with E-state index in [1.54, 1.807) is 12.1 Å². The summed E-state index contributed by atoms with van der Waals surface area (Å²) < 4.78 is 5.49. The van der Waals surface area contributed by atoms with Crippen LogP contribution in [0.25, 0.3) is 22.0 Å². The molecule has 9 heteroatoms. The van der Waals surface area contributed by atoms with Gasteiger partial charge < -0.3 is 19.9 Å². The molecule has 2 aromatic carbocycles. The molecule has 0 spiro atoms. The van der Waals surface area contributed by atoms with E-state index in [-0.39, 0.29) is 38.8 Å². The molecule has 0 radical (unpaired) electrons. The second kappa shape index (κ2) is 7.42. The maximum atomic E-state index is 12.2. The van der Waals surface area contributed by atoms with E-state index in [1.165, 1.54) is 31.4 Å². The van der Waals surface area contributed by atoms with Crippen molar-refractivity contribution < 1.29 is 19.7 Å². The van der Waals surface area contributed by atoms with Crippen LogP contribution in [0.1, 0.15) is 21.7 Å². The number of halogens is 2. The number of aromatic amines is 1. The minimum Gasteiger partial charge on any atom is -0.503 e. The zero-order chi connectivity index (χ0) is 19.7. The highest BCUT2D eigenvalue weighted by molar-refractivity contribution is 9.10. The van der Waals surface area contributed by atoms with E-state index in [0.29, 0.717) is 10.0 Å². The van der Waals surface area contributed by atoms with Gasteiger partial charge in [-0.25, -0.2) is 9.78 Å². The van der Waals surface area contributed by atoms with Gasteiger partial charge in [0.25, 0.3) is 5.56 Å². The molecule has 1 heterocycles. The summed E-state index contributed by atoms with van der Waals surface area (Å²) in [5.41, 5.74) is 0.370. The van der Waals surface area contributed by atoms with Gasteiger partial charge in [-0.15, -0.1) is 0 Å². The van der Waals surface area contributed by atoms with Gasteiger partial charge in [0.1, 0.15) is 0 Å². The highest BCUT2D eigenvalue weighted by Gasteiger charge is 2.12. The molecule has 0 atom stereocenters. The molecule has 27 heavy (non-hydrogen) atoms. The van der Waals surface area contributed by atoms with E-state index in [4.69, 9.17) is 21.4 Å². The van der Waals surface area contributed by atoms with Crippen LogP contribution >= 0.6 is 27.5 Å². The highest BCUT2D eigenvalue weighted by atomic mass is 79.9. The molecule has 0 bridgehead atoms. The molecule has 1 aromatic heterocycles. The van der Waals surface area contributed by atoms with Crippen LogP contribution in [-0.4, -0.2) is 33.3 Å². The first-order valence-electron chi connectivity index (χ1n) is 7.51. The lowest BCUT2D eigenvalue weighted by Gasteiger charge is -2.07. The zero-order valence-corrected chi connectivity index (χ0v) is 16.1. The van der Waals surface area contributed by atoms with Crippen molar-refractivity contribution in [2.75, 3.05) is 7.11 Å². The molecular formula is C18H12BrClN2O5. The summed E-state index contributed by atoms with van der Waals surface area (Å²) in [6.07, 6.45) is 1.53. The Balaban J connectivity index is 2.11. The van der Waals surface area contributed by atoms with Crippen LogP contribution < -0.4 is 10.3 Å². The number of hydrogen-bond donors (Lipinski definition) is 3. The number of phenols is 1. The number of fused-ring (bicyclic) bond motifs is 1. The van der Waals surface area contributed by atoms with Crippen molar-refractivity contribution >= 4 is 55.5 Å². The van der Waals surface area contributed by atoms with E-state index in [2.05, 4.69) is 25.9 Å². The van der Waals surface area contributed by atoms with Gasteiger partial charge in [-0.05, 0) is 57.9 Å². The highest BCUT2D eigenvalue weighted by Crippen LogP contribution is 2.36. The Morgan fingerprint density at radius 3 is 2.74 bits per heavy atom. The normalized spacial score (nSPS) is 11.6. The van der Waals surface area contributed by atoms with E-state index in [1.807, 2.05) is 0 Å². The maximum absolute atomic E-state index is 12.2. The number of carboxylic acids is 1. The lowest BCUT2D eigenvalue weighted by molar-refractivity contribution is 0.0697. The van der Waals surface area contributed by atoms with Gasteiger partial charge in [0, 0.05) is 0 Å². The van der Waals surface area contributed by atoms with E-state index in [9.17, 15) is 14.7 Å². The topological polar surface area (TPSA) is 113 Å². The third-order valence-electron chi connectivity index (χ3n) is 3.74. The molecule has 7 nitrogen and oxygen atoms in total. The fourth-order valence-corrected chi connectivity index (χ4v) is 3.11. The number of carboxylic acid groups (broad SMARTS) is 1. The first-order chi connectivity index (χ1) is 12.8. The van der Waals surface area contributed by atoms with Crippen LogP contribution in [0, 0.1) is 0 Å². The van der Waals surface area contributed by atoms with Crippen molar-refractivity contribution in [2.45, 2.75) is 0 Å². The van der Waals surface area contributed by atoms with Gasteiger partial charge in [-0.2, -0.15) is 0 Å². The largest absolute Gasteiger partial charge is 0.503 e. The van der Waals surface area contributed by atoms with E-state index < -0.39 is 11.5 Å². The molecule has 3 N–H and O–H groups in total. The van der Waals surface area contributed by atoms with Crippen LogP contribution in [0.2, 0.25) is 0 Å². The number of hydrogen-bond acceptors (Lipinski definition) is 5. The Kier molecular flexibility index (Phi) is 5.20. The number of nitrogens with one attached hydrogen (secondary N) is 1. The summed E-state index contributed by atoms with van der Waals surface area (Å²) in [5, 5.41) is 19.3. The van der Waals surface area contributed by atoms with E-state index in [0.717, 1.165) is 0 Å².